The maximum absolute atomic E-state index is 13.8. The van der Waals surface area contributed by atoms with Gasteiger partial charge in [-0.3, -0.25) is 9.80 Å². The standard InChI is InChI=1S/C11H11F2N7O/c1-19(2)17-16-11-8(10(14)21)15-18-20(11)9-6(12)4-3-5-7(9)13/h3-5H,1-2H3,(H2,14,21)/b17-16+. The molecule has 8 nitrogen and oxygen atoms in total. The summed E-state index contributed by atoms with van der Waals surface area (Å²) < 4.78 is 28.3. The van der Waals surface area contributed by atoms with Crippen LogP contribution in [0.25, 0.3) is 5.69 Å². The number of halogens is 2. The van der Waals surface area contributed by atoms with Gasteiger partial charge in [0.05, 0.1) is 0 Å². The van der Waals surface area contributed by atoms with Gasteiger partial charge < -0.3 is 5.73 Å². The van der Waals surface area contributed by atoms with Crippen LogP contribution >= 0.6 is 0 Å². The third-order valence-electron chi connectivity index (χ3n) is 2.35. The van der Waals surface area contributed by atoms with Crippen LogP contribution in [-0.4, -0.2) is 40.0 Å². The van der Waals surface area contributed by atoms with Crippen LogP contribution in [0.15, 0.2) is 28.5 Å². The van der Waals surface area contributed by atoms with Gasteiger partial charge in [-0.15, -0.1) is 10.2 Å². The van der Waals surface area contributed by atoms with Crippen molar-refractivity contribution in [3.05, 3.63) is 35.5 Å². The van der Waals surface area contributed by atoms with Gasteiger partial charge in [-0.25, -0.2) is 8.78 Å². The number of rotatable bonds is 4. The van der Waals surface area contributed by atoms with E-state index in [-0.39, 0.29) is 11.5 Å². The second kappa shape index (κ2) is 5.61. The molecule has 1 aromatic carbocycles. The summed E-state index contributed by atoms with van der Waals surface area (Å²) >= 11 is 0. The van der Waals surface area contributed by atoms with E-state index in [1.807, 2.05) is 0 Å². The first-order valence-electron chi connectivity index (χ1n) is 5.70. The highest BCUT2D eigenvalue weighted by molar-refractivity contribution is 5.95. The number of primary amides is 1. The third-order valence-corrected chi connectivity index (χ3v) is 2.35. The molecule has 0 bridgehead atoms. The van der Waals surface area contributed by atoms with E-state index in [0.717, 1.165) is 16.8 Å². The van der Waals surface area contributed by atoms with Crippen molar-refractivity contribution in [2.45, 2.75) is 0 Å². The Bertz CT molecular complexity index is 690. The number of nitrogens with two attached hydrogens (primary N) is 1. The van der Waals surface area contributed by atoms with Crippen molar-refractivity contribution < 1.29 is 13.6 Å². The van der Waals surface area contributed by atoms with Crippen molar-refractivity contribution >= 4 is 11.7 Å². The van der Waals surface area contributed by atoms with E-state index in [9.17, 15) is 13.6 Å². The topological polar surface area (TPSA) is 102 Å². The zero-order chi connectivity index (χ0) is 15.6. The number of para-hydroxylation sites is 1. The lowest BCUT2D eigenvalue weighted by atomic mass is 10.3. The maximum atomic E-state index is 13.8. The van der Waals surface area contributed by atoms with Crippen molar-refractivity contribution in [2.24, 2.45) is 16.1 Å². The fourth-order valence-electron chi connectivity index (χ4n) is 1.50. The number of hydrogen-bond donors (Lipinski definition) is 1. The predicted octanol–water partition coefficient (Wildman–Crippen LogP) is 1.20. The van der Waals surface area contributed by atoms with Crippen molar-refractivity contribution in [3.63, 3.8) is 0 Å². The number of hydrogen-bond acceptors (Lipinski definition) is 5. The summed E-state index contributed by atoms with van der Waals surface area (Å²) in [5.74, 6) is -2.99. The SMILES string of the molecule is CN(C)/N=N/c1c(C(N)=O)nnn1-c1c(F)cccc1F. The molecule has 0 atom stereocenters. The molecule has 0 aliphatic carbocycles. The zero-order valence-electron chi connectivity index (χ0n) is 11.2. The van der Waals surface area contributed by atoms with Gasteiger partial charge in [-0.2, -0.15) is 4.68 Å². The Morgan fingerprint density at radius 1 is 1.33 bits per heavy atom. The van der Waals surface area contributed by atoms with Crippen LogP contribution in [0.1, 0.15) is 10.5 Å². The van der Waals surface area contributed by atoms with E-state index < -0.39 is 23.2 Å². The maximum Gasteiger partial charge on any atom is 0.273 e. The van der Waals surface area contributed by atoms with Gasteiger partial charge in [0, 0.05) is 14.1 Å². The molecule has 21 heavy (non-hydrogen) atoms. The third kappa shape index (κ3) is 2.83. The van der Waals surface area contributed by atoms with Crippen LogP contribution < -0.4 is 5.73 Å². The van der Waals surface area contributed by atoms with Crippen molar-refractivity contribution in [1.82, 2.24) is 20.0 Å². The minimum Gasteiger partial charge on any atom is -0.364 e. The van der Waals surface area contributed by atoms with Gasteiger partial charge in [0.1, 0.15) is 5.69 Å². The summed E-state index contributed by atoms with van der Waals surface area (Å²) in [6.45, 7) is 0. The molecule has 10 heteroatoms. The molecule has 0 aliphatic heterocycles. The van der Waals surface area contributed by atoms with Crippen LogP contribution in [0.3, 0.4) is 0 Å². The fourth-order valence-corrected chi connectivity index (χ4v) is 1.50. The average molecular weight is 295 g/mol. The Morgan fingerprint density at radius 2 is 1.95 bits per heavy atom. The molecule has 2 rings (SSSR count). The van der Waals surface area contributed by atoms with Gasteiger partial charge in [0.2, 0.25) is 5.82 Å². The molecule has 0 saturated carbocycles. The molecule has 0 unspecified atom stereocenters. The van der Waals surface area contributed by atoms with Crippen LogP contribution in [0, 0.1) is 11.6 Å². The molecule has 0 saturated heterocycles. The van der Waals surface area contributed by atoms with Gasteiger partial charge in [0.15, 0.2) is 17.3 Å². The highest BCUT2D eigenvalue weighted by Crippen LogP contribution is 2.25. The van der Waals surface area contributed by atoms with Crippen molar-refractivity contribution in [2.75, 3.05) is 14.1 Å². The number of amides is 1. The summed E-state index contributed by atoms with van der Waals surface area (Å²) in [4.78, 5) is 11.3. The number of nitrogens with zero attached hydrogens (tertiary/aromatic N) is 6. The monoisotopic (exact) mass is 295 g/mol. The average Bonchev–Trinajstić information content (AvgIpc) is 2.80. The quantitative estimate of drug-likeness (QED) is 0.676. The number of benzene rings is 1. The smallest absolute Gasteiger partial charge is 0.273 e. The lowest BCUT2D eigenvalue weighted by molar-refractivity contribution is 0.0996. The summed E-state index contributed by atoms with van der Waals surface area (Å²) in [6, 6.07) is 3.27. The molecule has 0 radical (unpaired) electrons. The molecule has 0 fully saturated rings. The highest BCUT2D eigenvalue weighted by atomic mass is 19.1. The molecule has 1 amide bonds. The Kier molecular flexibility index (Phi) is 3.87. The summed E-state index contributed by atoms with van der Waals surface area (Å²) in [6.07, 6.45) is 0. The van der Waals surface area contributed by atoms with Crippen molar-refractivity contribution in [3.8, 4) is 5.69 Å². The minimum atomic E-state index is -0.939. The normalized spacial score (nSPS) is 11.0. The molecule has 110 valence electrons. The van der Waals surface area contributed by atoms with Crippen LogP contribution in [0.5, 0.6) is 0 Å². The van der Waals surface area contributed by atoms with E-state index in [4.69, 9.17) is 5.73 Å². The van der Waals surface area contributed by atoms with Gasteiger partial charge in [-0.05, 0) is 12.1 Å². The fraction of sp³-hybridized carbons (Fsp3) is 0.182. The van der Waals surface area contributed by atoms with E-state index in [2.05, 4.69) is 20.6 Å². The Balaban J connectivity index is 2.67. The highest BCUT2D eigenvalue weighted by Gasteiger charge is 2.22. The molecule has 1 aromatic heterocycles. The van der Waals surface area contributed by atoms with Crippen LogP contribution in [-0.2, 0) is 0 Å². The van der Waals surface area contributed by atoms with E-state index in [1.165, 1.54) is 11.1 Å². The molecule has 1 heterocycles. The first-order valence-corrected chi connectivity index (χ1v) is 5.70. The second-order valence-electron chi connectivity index (χ2n) is 4.14. The number of carbonyl (C=O) groups excluding carboxylic acids is 1. The first kappa shape index (κ1) is 14.5. The van der Waals surface area contributed by atoms with Gasteiger partial charge in [0.25, 0.3) is 5.91 Å². The predicted molar refractivity (Wildman–Crippen MR) is 68.0 cm³/mol. The summed E-state index contributed by atoms with van der Waals surface area (Å²) in [5.41, 5.74) is 4.26. The van der Waals surface area contributed by atoms with Gasteiger partial charge in [-0.1, -0.05) is 16.5 Å². The van der Waals surface area contributed by atoms with Crippen molar-refractivity contribution in [1.29, 1.82) is 0 Å². The lowest BCUT2D eigenvalue weighted by Gasteiger charge is -2.06. The molecular weight excluding hydrogens is 284 g/mol. The van der Waals surface area contributed by atoms with Crippen LogP contribution in [0.2, 0.25) is 0 Å². The van der Waals surface area contributed by atoms with Gasteiger partial charge >= 0.3 is 0 Å². The minimum absolute atomic E-state index is 0.264. The second-order valence-corrected chi connectivity index (χ2v) is 4.14. The first-order chi connectivity index (χ1) is 9.91. The van der Waals surface area contributed by atoms with Crippen LogP contribution in [0.4, 0.5) is 14.6 Å². The molecule has 0 aliphatic rings. The number of carbonyl (C=O) groups is 1. The molecular formula is C11H11F2N7O. The summed E-state index contributed by atoms with van der Waals surface area (Å²) in [7, 11) is 3.15. The van der Waals surface area contributed by atoms with E-state index in [0.29, 0.717) is 0 Å². The Labute approximate surface area is 117 Å². The Hall–Kier alpha value is -2.91. The number of aromatic nitrogens is 3. The van der Waals surface area contributed by atoms with E-state index >= 15 is 0 Å². The lowest BCUT2D eigenvalue weighted by Crippen LogP contribution is -2.12. The molecule has 2 aromatic rings. The zero-order valence-corrected chi connectivity index (χ0v) is 11.2. The largest absolute Gasteiger partial charge is 0.364 e. The van der Waals surface area contributed by atoms with E-state index in [1.54, 1.807) is 14.1 Å². The summed E-state index contributed by atoms with van der Waals surface area (Å²) in [5, 5.41) is 15.7. The molecule has 2 N–H and O–H groups in total. The molecule has 0 spiro atoms. The Morgan fingerprint density at radius 3 is 2.48 bits per heavy atom.